The zero-order valence-corrected chi connectivity index (χ0v) is 12.5. The van der Waals surface area contributed by atoms with Gasteiger partial charge in [0, 0.05) is 10.5 Å². The van der Waals surface area contributed by atoms with Crippen LogP contribution in [0.3, 0.4) is 0 Å². The smallest absolute Gasteiger partial charge is 0.263 e. The van der Waals surface area contributed by atoms with Gasteiger partial charge in [0.1, 0.15) is 10.6 Å². The summed E-state index contributed by atoms with van der Waals surface area (Å²) in [7, 11) is -2.09. The summed E-state index contributed by atoms with van der Waals surface area (Å²) >= 11 is 3.23. The Balaban J connectivity index is 2.34. The highest BCUT2D eigenvalue weighted by Gasteiger charge is 2.17. The molecule has 1 N–H and O–H groups in total. The first-order chi connectivity index (χ1) is 9.03. The highest BCUT2D eigenvalue weighted by molar-refractivity contribution is 9.10. The van der Waals surface area contributed by atoms with Gasteiger partial charge in [-0.25, -0.2) is 8.42 Å². The van der Waals surface area contributed by atoms with Crippen molar-refractivity contribution in [3.05, 3.63) is 53.0 Å². The van der Waals surface area contributed by atoms with E-state index >= 15 is 0 Å². The third-order valence-electron chi connectivity index (χ3n) is 2.45. The molecule has 0 spiro atoms. The van der Waals surface area contributed by atoms with Gasteiger partial charge in [-0.1, -0.05) is 18.2 Å². The third kappa shape index (κ3) is 3.27. The van der Waals surface area contributed by atoms with Crippen molar-refractivity contribution in [3.8, 4) is 5.75 Å². The molecule has 0 bridgehead atoms. The van der Waals surface area contributed by atoms with Gasteiger partial charge < -0.3 is 4.74 Å². The summed E-state index contributed by atoms with van der Waals surface area (Å²) in [5.41, 5.74) is 0.454. The van der Waals surface area contributed by atoms with Crippen LogP contribution in [0.5, 0.6) is 5.75 Å². The van der Waals surface area contributed by atoms with Crippen LogP contribution in [0, 0.1) is 0 Å². The Morgan fingerprint density at radius 3 is 2.53 bits per heavy atom. The van der Waals surface area contributed by atoms with Gasteiger partial charge >= 0.3 is 0 Å². The first-order valence-corrected chi connectivity index (χ1v) is 7.72. The zero-order chi connectivity index (χ0) is 13.9. The number of methoxy groups -OCH3 is 1. The molecule has 0 amide bonds. The molecule has 6 heteroatoms. The van der Waals surface area contributed by atoms with Gasteiger partial charge in [-0.2, -0.15) is 0 Å². The fourth-order valence-electron chi connectivity index (χ4n) is 1.56. The van der Waals surface area contributed by atoms with Crippen LogP contribution in [0.25, 0.3) is 0 Å². The lowest BCUT2D eigenvalue weighted by molar-refractivity contribution is 0.415. The molecular formula is C13H12BrNO3S. The average Bonchev–Trinajstić information content (AvgIpc) is 2.38. The molecule has 2 aromatic rings. The SMILES string of the molecule is COc1cccc(NS(=O)(=O)c2ccccc2Br)c1. The molecule has 0 unspecified atom stereocenters. The number of halogens is 1. The van der Waals surface area contributed by atoms with Crippen LogP contribution in [0.15, 0.2) is 57.9 Å². The summed E-state index contributed by atoms with van der Waals surface area (Å²) in [4.78, 5) is 0.192. The molecule has 0 aliphatic rings. The van der Waals surface area contributed by atoms with Crippen molar-refractivity contribution in [1.82, 2.24) is 0 Å². The van der Waals surface area contributed by atoms with Gasteiger partial charge in [0.2, 0.25) is 0 Å². The number of nitrogens with one attached hydrogen (secondary N) is 1. The lowest BCUT2D eigenvalue weighted by atomic mass is 10.3. The Labute approximate surface area is 120 Å². The Morgan fingerprint density at radius 2 is 1.84 bits per heavy atom. The summed E-state index contributed by atoms with van der Waals surface area (Å²) in [5.74, 6) is 0.590. The number of hydrogen-bond acceptors (Lipinski definition) is 3. The summed E-state index contributed by atoms with van der Waals surface area (Å²) in [5, 5.41) is 0. The molecular weight excluding hydrogens is 330 g/mol. The molecule has 0 radical (unpaired) electrons. The van der Waals surface area contributed by atoms with Crippen molar-refractivity contribution < 1.29 is 13.2 Å². The predicted octanol–water partition coefficient (Wildman–Crippen LogP) is 3.26. The molecule has 2 rings (SSSR count). The van der Waals surface area contributed by atoms with E-state index in [1.54, 1.807) is 42.5 Å². The Bertz CT molecular complexity index is 686. The van der Waals surface area contributed by atoms with Gasteiger partial charge in [0.05, 0.1) is 12.8 Å². The molecule has 2 aromatic carbocycles. The second kappa shape index (κ2) is 5.63. The van der Waals surface area contributed by atoms with E-state index in [1.807, 2.05) is 0 Å². The van der Waals surface area contributed by atoms with E-state index in [0.717, 1.165) is 0 Å². The molecule has 100 valence electrons. The fraction of sp³-hybridized carbons (Fsp3) is 0.0769. The largest absolute Gasteiger partial charge is 0.497 e. The van der Waals surface area contributed by atoms with E-state index in [0.29, 0.717) is 15.9 Å². The summed E-state index contributed by atoms with van der Waals surface area (Å²) in [6.45, 7) is 0. The maximum absolute atomic E-state index is 12.2. The quantitative estimate of drug-likeness (QED) is 0.928. The van der Waals surface area contributed by atoms with Crippen molar-refractivity contribution in [1.29, 1.82) is 0 Å². The maximum atomic E-state index is 12.2. The fourth-order valence-corrected chi connectivity index (χ4v) is 3.61. The number of ether oxygens (including phenoxy) is 1. The summed E-state index contributed by atoms with van der Waals surface area (Å²) in [6, 6.07) is 13.4. The van der Waals surface area contributed by atoms with Crippen LogP contribution >= 0.6 is 15.9 Å². The molecule has 0 saturated heterocycles. The Kier molecular flexibility index (Phi) is 4.11. The normalized spacial score (nSPS) is 11.1. The number of sulfonamides is 1. The topological polar surface area (TPSA) is 55.4 Å². The Hall–Kier alpha value is -1.53. The molecule has 0 saturated carbocycles. The summed E-state index contributed by atoms with van der Waals surface area (Å²) in [6.07, 6.45) is 0. The van der Waals surface area contributed by atoms with Crippen LogP contribution in [0.4, 0.5) is 5.69 Å². The van der Waals surface area contributed by atoms with Gasteiger partial charge in [-0.05, 0) is 40.2 Å². The van der Waals surface area contributed by atoms with E-state index < -0.39 is 10.0 Å². The molecule has 0 atom stereocenters. The highest BCUT2D eigenvalue weighted by atomic mass is 79.9. The van der Waals surface area contributed by atoms with Gasteiger partial charge in [-0.15, -0.1) is 0 Å². The van der Waals surface area contributed by atoms with Crippen LogP contribution in [0.2, 0.25) is 0 Å². The molecule has 4 nitrogen and oxygen atoms in total. The first kappa shape index (κ1) is 13.9. The van der Waals surface area contributed by atoms with Gasteiger partial charge in [-0.3, -0.25) is 4.72 Å². The number of rotatable bonds is 4. The second-order valence-electron chi connectivity index (χ2n) is 3.77. The zero-order valence-electron chi connectivity index (χ0n) is 10.1. The van der Waals surface area contributed by atoms with E-state index in [4.69, 9.17) is 4.74 Å². The summed E-state index contributed by atoms with van der Waals surface area (Å²) < 4.78 is 32.6. The van der Waals surface area contributed by atoms with Gasteiger partial charge in [0.15, 0.2) is 0 Å². The molecule has 19 heavy (non-hydrogen) atoms. The first-order valence-electron chi connectivity index (χ1n) is 5.44. The monoisotopic (exact) mass is 341 g/mol. The van der Waals surface area contributed by atoms with E-state index in [-0.39, 0.29) is 4.90 Å². The molecule has 0 fully saturated rings. The minimum Gasteiger partial charge on any atom is -0.497 e. The second-order valence-corrected chi connectivity index (χ2v) is 6.27. The van der Waals surface area contributed by atoms with E-state index in [2.05, 4.69) is 20.7 Å². The van der Waals surface area contributed by atoms with Crippen molar-refractivity contribution in [3.63, 3.8) is 0 Å². The van der Waals surface area contributed by atoms with Crippen LogP contribution in [-0.4, -0.2) is 15.5 Å². The molecule has 0 aromatic heterocycles. The molecule has 0 heterocycles. The third-order valence-corrected chi connectivity index (χ3v) is 4.84. The van der Waals surface area contributed by atoms with E-state index in [1.165, 1.54) is 13.2 Å². The molecule has 0 aliphatic heterocycles. The van der Waals surface area contributed by atoms with Crippen molar-refractivity contribution in [2.75, 3.05) is 11.8 Å². The lowest BCUT2D eigenvalue weighted by Gasteiger charge is -2.10. The number of benzene rings is 2. The van der Waals surface area contributed by atoms with Crippen molar-refractivity contribution in [2.45, 2.75) is 4.90 Å². The number of hydrogen-bond donors (Lipinski definition) is 1. The van der Waals surface area contributed by atoms with Crippen LogP contribution in [-0.2, 0) is 10.0 Å². The lowest BCUT2D eigenvalue weighted by Crippen LogP contribution is -2.13. The molecule has 0 aliphatic carbocycles. The van der Waals surface area contributed by atoms with Gasteiger partial charge in [0.25, 0.3) is 10.0 Å². The average molecular weight is 342 g/mol. The van der Waals surface area contributed by atoms with Crippen molar-refractivity contribution >= 4 is 31.6 Å². The minimum absolute atomic E-state index is 0.192. The van der Waals surface area contributed by atoms with Crippen LogP contribution in [0.1, 0.15) is 0 Å². The Morgan fingerprint density at radius 1 is 1.11 bits per heavy atom. The minimum atomic E-state index is -3.62. The highest BCUT2D eigenvalue weighted by Crippen LogP contribution is 2.25. The predicted molar refractivity (Wildman–Crippen MR) is 77.9 cm³/mol. The van der Waals surface area contributed by atoms with E-state index in [9.17, 15) is 8.42 Å². The maximum Gasteiger partial charge on any atom is 0.263 e. The number of anilines is 1. The van der Waals surface area contributed by atoms with Crippen LogP contribution < -0.4 is 9.46 Å². The van der Waals surface area contributed by atoms with Crippen molar-refractivity contribution in [2.24, 2.45) is 0 Å². The standard InChI is InChI=1S/C13H12BrNO3S/c1-18-11-6-4-5-10(9-11)15-19(16,17)13-8-3-2-7-12(13)14/h2-9,15H,1H3.